The number of thioether (sulfide) groups is 1. The van der Waals surface area contributed by atoms with Gasteiger partial charge in [0.15, 0.2) is 11.0 Å². The van der Waals surface area contributed by atoms with Gasteiger partial charge in [0, 0.05) is 29.8 Å². The summed E-state index contributed by atoms with van der Waals surface area (Å²) in [5.74, 6) is 0.544. The van der Waals surface area contributed by atoms with Crippen molar-refractivity contribution in [2.45, 2.75) is 18.6 Å². The summed E-state index contributed by atoms with van der Waals surface area (Å²) in [6.45, 7) is 2.66. The molecule has 0 saturated carbocycles. The Morgan fingerprint density at radius 3 is 2.76 bits per heavy atom. The molecule has 1 N–H and O–H groups in total. The highest BCUT2D eigenvalue weighted by molar-refractivity contribution is 7.99. The Morgan fingerprint density at radius 1 is 1.24 bits per heavy atom. The van der Waals surface area contributed by atoms with Crippen LogP contribution in [0, 0.1) is 10.1 Å². The molecule has 0 saturated heterocycles. The minimum absolute atomic E-state index is 0.0380. The van der Waals surface area contributed by atoms with Gasteiger partial charge in [-0.1, -0.05) is 54.2 Å². The SMILES string of the molecule is CCn1c(SCC(=O)N/N=C/c2cccc([N+](=O)[O-])c2)nnc1-c1ccccc1. The van der Waals surface area contributed by atoms with Crippen molar-refractivity contribution >= 4 is 29.6 Å². The first-order valence-corrected chi connectivity index (χ1v) is 9.75. The number of nitro benzene ring substituents is 1. The van der Waals surface area contributed by atoms with Crippen LogP contribution in [0.15, 0.2) is 64.9 Å². The Kier molecular flexibility index (Phi) is 6.69. The Morgan fingerprint density at radius 2 is 2.03 bits per heavy atom. The van der Waals surface area contributed by atoms with Crippen molar-refractivity contribution < 1.29 is 9.72 Å². The molecule has 0 aliphatic carbocycles. The largest absolute Gasteiger partial charge is 0.302 e. The molecule has 0 bridgehead atoms. The summed E-state index contributed by atoms with van der Waals surface area (Å²) in [6, 6.07) is 15.7. The molecule has 0 radical (unpaired) electrons. The summed E-state index contributed by atoms with van der Waals surface area (Å²) in [6.07, 6.45) is 1.36. The molecular weight excluding hydrogens is 392 g/mol. The first kappa shape index (κ1) is 20.2. The van der Waals surface area contributed by atoms with Crippen LogP contribution in [0.4, 0.5) is 5.69 Å². The van der Waals surface area contributed by atoms with Crippen LogP contribution < -0.4 is 5.43 Å². The minimum Gasteiger partial charge on any atom is -0.302 e. The molecule has 0 unspecified atom stereocenters. The van der Waals surface area contributed by atoms with Crippen LogP contribution in [-0.4, -0.2) is 37.6 Å². The molecule has 0 aliphatic heterocycles. The number of hydrogen-bond donors (Lipinski definition) is 1. The molecular formula is C19H18N6O3S. The van der Waals surface area contributed by atoms with Crippen molar-refractivity contribution in [2.24, 2.45) is 5.10 Å². The van der Waals surface area contributed by atoms with Crippen LogP contribution >= 0.6 is 11.8 Å². The van der Waals surface area contributed by atoms with Crippen LogP contribution in [0.25, 0.3) is 11.4 Å². The summed E-state index contributed by atoms with van der Waals surface area (Å²) in [4.78, 5) is 22.3. The zero-order valence-electron chi connectivity index (χ0n) is 15.6. The second kappa shape index (κ2) is 9.60. The van der Waals surface area contributed by atoms with Crippen molar-refractivity contribution in [1.82, 2.24) is 20.2 Å². The first-order valence-electron chi connectivity index (χ1n) is 8.76. The lowest BCUT2D eigenvalue weighted by Crippen LogP contribution is -2.20. The zero-order valence-corrected chi connectivity index (χ0v) is 16.4. The van der Waals surface area contributed by atoms with E-state index in [1.54, 1.807) is 12.1 Å². The molecule has 2 aromatic carbocycles. The number of hydrazone groups is 1. The summed E-state index contributed by atoms with van der Waals surface area (Å²) in [5.41, 5.74) is 3.85. The molecule has 0 atom stereocenters. The van der Waals surface area contributed by atoms with Crippen LogP contribution in [0.3, 0.4) is 0 Å². The second-order valence-electron chi connectivity index (χ2n) is 5.85. The summed E-state index contributed by atoms with van der Waals surface area (Å²) >= 11 is 1.26. The van der Waals surface area contributed by atoms with Gasteiger partial charge < -0.3 is 4.57 Å². The van der Waals surface area contributed by atoms with Crippen molar-refractivity contribution in [3.8, 4) is 11.4 Å². The summed E-state index contributed by atoms with van der Waals surface area (Å²) < 4.78 is 1.94. The van der Waals surface area contributed by atoms with Gasteiger partial charge in [-0.25, -0.2) is 5.43 Å². The van der Waals surface area contributed by atoms with Gasteiger partial charge in [0.05, 0.1) is 16.9 Å². The van der Waals surface area contributed by atoms with Crippen LogP contribution in [0.5, 0.6) is 0 Å². The lowest BCUT2D eigenvalue weighted by Gasteiger charge is -2.06. The van der Waals surface area contributed by atoms with E-state index in [4.69, 9.17) is 0 Å². The van der Waals surface area contributed by atoms with Gasteiger partial charge >= 0.3 is 0 Å². The van der Waals surface area contributed by atoms with Crippen molar-refractivity contribution in [3.05, 3.63) is 70.3 Å². The topological polar surface area (TPSA) is 115 Å². The lowest BCUT2D eigenvalue weighted by molar-refractivity contribution is -0.384. The molecule has 0 spiro atoms. The molecule has 9 nitrogen and oxygen atoms in total. The quantitative estimate of drug-likeness (QED) is 0.264. The van der Waals surface area contributed by atoms with E-state index in [9.17, 15) is 14.9 Å². The minimum atomic E-state index is -0.486. The molecule has 10 heteroatoms. The third kappa shape index (κ3) is 5.26. The number of carbonyl (C=O) groups excluding carboxylic acids is 1. The van der Waals surface area contributed by atoms with E-state index in [-0.39, 0.29) is 17.3 Å². The van der Waals surface area contributed by atoms with Gasteiger partial charge in [-0.15, -0.1) is 10.2 Å². The maximum atomic E-state index is 12.0. The van der Waals surface area contributed by atoms with E-state index in [0.717, 1.165) is 11.4 Å². The third-order valence-electron chi connectivity index (χ3n) is 3.88. The maximum absolute atomic E-state index is 12.0. The van der Waals surface area contributed by atoms with Gasteiger partial charge in [-0.05, 0) is 6.92 Å². The number of carbonyl (C=O) groups is 1. The van der Waals surface area contributed by atoms with Gasteiger partial charge in [-0.2, -0.15) is 5.10 Å². The molecule has 148 valence electrons. The average Bonchev–Trinajstić information content (AvgIpc) is 3.16. The second-order valence-corrected chi connectivity index (χ2v) is 6.79. The number of non-ortho nitro benzene ring substituents is 1. The molecule has 0 aliphatic rings. The van der Waals surface area contributed by atoms with Crippen molar-refractivity contribution in [3.63, 3.8) is 0 Å². The van der Waals surface area contributed by atoms with Crippen molar-refractivity contribution in [1.29, 1.82) is 0 Å². The van der Waals surface area contributed by atoms with Gasteiger partial charge in [0.1, 0.15) is 0 Å². The van der Waals surface area contributed by atoms with E-state index >= 15 is 0 Å². The van der Waals surface area contributed by atoms with Gasteiger partial charge in [-0.3, -0.25) is 14.9 Å². The number of amides is 1. The fourth-order valence-corrected chi connectivity index (χ4v) is 3.34. The van der Waals surface area contributed by atoms with Crippen LogP contribution in [0.2, 0.25) is 0 Å². The molecule has 29 heavy (non-hydrogen) atoms. The predicted molar refractivity (Wildman–Crippen MR) is 111 cm³/mol. The Hall–Kier alpha value is -3.53. The summed E-state index contributed by atoms with van der Waals surface area (Å²) in [7, 11) is 0. The number of nitrogens with zero attached hydrogens (tertiary/aromatic N) is 5. The molecule has 3 aromatic rings. The van der Waals surface area contributed by atoms with Gasteiger partial charge in [0.25, 0.3) is 11.6 Å². The molecule has 1 heterocycles. The third-order valence-corrected chi connectivity index (χ3v) is 4.85. The van der Waals surface area contributed by atoms with Crippen LogP contribution in [0.1, 0.15) is 12.5 Å². The van der Waals surface area contributed by atoms with E-state index in [1.807, 2.05) is 41.8 Å². The Balaban J connectivity index is 1.58. The number of nitro groups is 1. The molecule has 1 amide bonds. The fourth-order valence-electron chi connectivity index (χ4n) is 2.54. The van der Waals surface area contributed by atoms with E-state index in [2.05, 4.69) is 20.7 Å². The maximum Gasteiger partial charge on any atom is 0.270 e. The number of rotatable bonds is 8. The molecule has 3 rings (SSSR count). The number of hydrogen-bond acceptors (Lipinski definition) is 7. The van der Waals surface area contributed by atoms with E-state index in [0.29, 0.717) is 17.3 Å². The fraction of sp³-hybridized carbons (Fsp3) is 0.158. The lowest BCUT2D eigenvalue weighted by atomic mass is 10.2. The highest BCUT2D eigenvalue weighted by Gasteiger charge is 2.14. The zero-order chi connectivity index (χ0) is 20.6. The Labute approximate surface area is 171 Å². The smallest absolute Gasteiger partial charge is 0.270 e. The summed E-state index contributed by atoms with van der Waals surface area (Å²) in [5, 5.41) is 23.7. The number of aromatic nitrogens is 3. The normalized spacial score (nSPS) is 10.9. The highest BCUT2D eigenvalue weighted by Crippen LogP contribution is 2.23. The average molecular weight is 410 g/mol. The van der Waals surface area contributed by atoms with Crippen molar-refractivity contribution in [2.75, 3.05) is 5.75 Å². The van der Waals surface area contributed by atoms with E-state index in [1.165, 1.54) is 30.1 Å². The van der Waals surface area contributed by atoms with Crippen LogP contribution in [-0.2, 0) is 11.3 Å². The highest BCUT2D eigenvalue weighted by atomic mass is 32.2. The number of benzene rings is 2. The van der Waals surface area contributed by atoms with E-state index < -0.39 is 4.92 Å². The predicted octanol–water partition coefficient (Wildman–Crippen LogP) is 3.12. The Bertz CT molecular complexity index is 1040. The van der Waals surface area contributed by atoms with Gasteiger partial charge in [0.2, 0.25) is 0 Å². The first-order chi connectivity index (χ1) is 14.1. The molecule has 0 fully saturated rings. The standard InChI is InChI=1S/C19H18N6O3S/c1-2-24-18(15-8-4-3-5-9-15)22-23-19(24)29-13-17(26)21-20-12-14-7-6-10-16(11-14)25(27)28/h3-12H,2,13H2,1H3,(H,21,26)/b20-12+. The molecule has 1 aromatic heterocycles. The monoisotopic (exact) mass is 410 g/mol. The number of nitrogens with one attached hydrogen (secondary N) is 1.